The van der Waals surface area contributed by atoms with Gasteiger partial charge in [-0.25, -0.2) is 0 Å². The van der Waals surface area contributed by atoms with E-state index in [4.69, 9.17) is 0 Å². The van der Waals surface area contributed by atoms with Gasteiger partial charge in [0.15, 0.2) is 0 Å². The lowest BCUT2D eigenvalue weighted by Crippen LogP contribution is -2.48. The number of phenolic OH excluding ortho intramolecular Hbond substituents is 1. The van der Waals surface area contributed by atoms with Gasteiger partial charge in [0.25, 0.3) is 0 Å². The van der Waals surface area contributed by atoms with E-state index < -0.39 is 11.7 Å². The standard InChI is InChI=1S/C20H23NO3/c22-16-6-7-17-14(12-16)13-18(19(17)23)21-10-8-20(24,9-11-21)15-4-2-1-3-5-15/h1-7,12,18-19,22-24H,8-11,13H2/t18-,19-/m1/s1. The molecule has 1 aliphatic heterocycles. The van der Waals surface area contributed by atoms with E-state index in [1.807, 2.05) is 36.4 Å². The predicted molar refractivity (Wildman–Crippen MR) is 91.7 cm³/mol. The molecule has 0 amide bonds. The zero-order valence-electron chi connectivity index (χ0n) is 13.6. The first-order chi connectivity index (χ1) is 11.6. The molecule has 2 aliphatic rings. The fraction of sp³-hybridized carbons (Fsp3) is 0.400. The maximum absolute atomic E-state index is 11.0. The number of rotatable bonds is 2. The number of benzene rings is 2. The van der Waals surface area contributed by atoms with E-state index in [0.29, 0.717) is 12.8 Å². The predicted octanol–water partition coefficient (Wildman–Crippen LogP) is 2.33. The van der Waals surface area contributed by atoms with Crippen LogP contribution < -0.4 is 0 Å². The molecule has 1 fully saturated rings. The Balaban J connectivity index is 1.47. The fourth-order valence-electron chi connectivity index (χ4n) is 4.19. The van der Waals surface area contributed by atoms with E-state index in [9.17, 15) is 15.3 Å². The maximum Gasteiger partial charge on any atom is 0.115 e. The molecule has 3 N–H and O–H groups in total. The lowest BCUT2D eigenvalue weighted by atomic mass is 9.84. The molecule has 1 heterocycles. The number of nitrogens with zero attached hydrogens (tertiary/aromatic N) is 1. The van der Waals surface area contributed by atoms with Crippen LogP contribution in [0.4, 0.5) is 0 Å². The second kappa shape index (κ2) is 5.88. The van der Waals surface area contributed by atoms with Gasteiger partial charge in [-0.2, -0.15) is 0 Å². The number of hydrogen-bond donors (Lipinski definition) is 3. The second-order valence-electron chi connectivity index (χ2n) is 7.03. The summed E-state index contributed by atoms with van der Waals surface area (Å²) in [5.41, 5.74) is 2.15. The zero-order valence-corrected chi connectivity index (χ0v) is 13.6. The summed E-state index contributed by atoms with van der Waals surface area (Å²) in [6.07, 6.45) is 1.56. The average Bonchev–Trinajstić information content (AvgIpc) is 2.92. The van der Waals surface area contributed by atoms with Crippen molar-refractivity contribution in [1.82, 2.24) is 4.90 Å². The van der Waals surface area contributed by atoms with Crippen LogP contribution in [0.5, 0.6) is 5.75 Å². The first-order valence-corrected chi connectivity index (χ1v) is 8.59. The molecular formula is C20H23NO3. The summed E-state index contributed by atoms with van der Waals surface area (Å²) in [4.78, 5) is 2.28. The van der Waals surface area contributed by atoms with Gasteiger partial charge in [0.2, 0.25) is 0 Å². The molecule has 4 nitrogen and oxygen atoms in total. The van der Waals surface area contributed by atoms with Crippen LogP contribution in [0, 0.1) is 0 Å². The molecule has 2 aromatic carbocycles. The summed E-state index contributed by atoms with van der Waals surface area (Å²) >= 11 is 0. The number of likely N-dealkylation sites (tertiary alicyclic amines) is 1. The first-order valence-electron chi connectivity index (χ1n) is 8.59. The molecule has 4 rings (SSSR count). The minimum atomic E-state index is -0.771. The Bertz CT molecular complexity index is 723. The number of hydrogen-bond acceptors (Lipinski definition) is 4. The summed E-state index contributed by atoms with van der Waals surface area (Å²) in [5.74, 6) is 0.249. The molecule has 24 heavy (non-hydrogen) atoms. The summed E-state index contributed by atoms with van der Waals surface area (Å²) in [6, 6.07) is 15.1. The summed E-state index contributed by atoms with van der Waals surface area (Å²) in [5, 5.41) is 31.2. The van der Waals surface area contributed by atoms with Crippen LogP contribution in [0.2, 0.25) is 0 Å². The van der Waals surface area contributed by atoms with Gasteiger partial charge in [-0.1, -0.05) is 36.4 Å². The van der Waals surface area contributed by atoms with E-state index >= 15 is 0 Å². The zero-order chi connectivity index (χ0) is 16.7. The van der Waals surface area contributed by atoms with Crippen molar-refractivity contribution in [3.8, 4) is 5.75 Å². The van der Waals surface area contributed by atoms with Crippen molar-refractivity contribution in [2.45, 2.75) is 37.0 Å². The highest BCUT2D eigenvalue weighted by Crippen LogP contribution is 2.40. The van der Waals surface area contributed by atoms with Crippen LogP contribution >= 0.6 is 0 Å². The molecule has 0 spiro atoms. The van der Waals surface area contributed by atoms with E-state index in [2.05, 4.69) is 4.90 Å². The van der Waals surface area contributed by atoms with Gasteiger partial charge in [-0.3, -0.25) is 4.90 Å². The molecule has 126 valence electrons. The Morgan fingerprint density at radius 1 is 1.00 bits per heavy atom. The largest absolute Gasteiger partial charge is 0.508 e. The van der Waals surface area contributed by atoms with Crippen molar-refractivity contribution >= 4 is 0 Å². The van der Waals surface area contributed by atoms with Crippen LogP contribution in [0.25, 0.3) is 0 Å². The quantitative estimate of drug-likeness (QED) is 0.793. The van der Waals surface area contributed by atoms with E-state index in [-0.39, 0.29) is 11.8 Å². The summed E-state index contributed by atoms with van der Waals surface area (Å²) in [7, 11) is 0. The highest BCUT2D eigenvalue weighted by Gasteiger charge is 2.40. The average molecular weight is 325 g/mol. The Labute approximate surface area is 142 Å². The molecule has 1 saturated heterocycles. The molecule has 2 aromatic rings. The van der Waals surface area contributed by atoms with Crippen LogP contribution in [-0.2, 0) is 12.0 Å². The number of fused-ring (bicyclic) bond motifs is 1. The molecule has 0 unspecified atom stereocenters. The lowest BCUT2D eigenvalue weighted by Gasteiger charge is -2.42. The van der Waals surface area contributed by atoms with Crippen molar-refractivity contribution in [3.05, 3.63) is 65.2 Å². The number of phenols is 1. The Morgan fingerprint density at radius 3 is 2.42 bits per heavy atom. The van der Waals surface area contributed by atoms with Crippen LogP contribution in [-0.4, -0.2) is 39.4 Å². The Kier molecular flexibility index (Phi) is 3.83. The third kappa shape index (κ3) is 2.61. The molecule has 2 atom stereocenters. The van der Waals surface area contributed by atoms with Crippen molar-refractivity contribution < 1.29 is 15.3 Å². The minimum absolute atomic E-state index is 0.0297. The first kappa shape index (κ1) is 15.6. The van der Waals surface area contributed by atoms with Crippen molar-refractivity contribution in [2.24, 2.45) is 0 Å². The Morgan fingerprint density at radius 2 is 1.71 bits per heavy atom. The molecule has 4 heteroatoms. The van der Waals surface area contributed by atoms with Gasteiger partial charge in [0, 0.05) is 19.1 Å². The Hall–Kier alpha value is -1.88. The molecule has 1 aliphatic carbocycles. The SMILES string of the molecule is Oc1ccc2c(c1)C[C@@H](N1CCC(O)(c3ccccc3)CC1)[C@@H]2O. The fourth-order valence-corrected chi connectivity index (χ4v) is 4.19. The van der Waals surface area contributed by atoms with Crippen LogP contribution in [0.15, 0.2) is 48.5 Å². The van der Waals surface area contributed by atoms with Crippen LogP contribution in [0.1, 0.15) is 35.6 Å². The third-order valence-electron chi connectivity index (χ3n) is 5.64. The van der Waals surface area contributed by atoms with Gasteiger partial charge in [-0.05, 0) is 48.1 Å². The number of aliphatic hydroxyl groups excluding tert-OH is 1. The molecular weight excluding hydrogens is 302 g/mol. The summed E-state index contributed by atoms with van der Waals surface area (Å²) in [6.45, 7) is 1.51. The molecule has 0 bridgehead atoms. The molecule has 0 saturated carbocycles. The van der Waals surface area contributed by atoms with E-state index in [1.54, 1.807) is 12.1 Å². The van der Waals surface area contributed by atoms with Gasteiger partial charge in [0.05, 0.1) is 11.7 Å². The topological polar surface area (TPSA) is 63.9 Å². The highest BCUT2D eigenvalue weighted by molar-refractivity contribution is 5.41. The van der Waals surface area contributed by atoms with E-state index in [1.165, 1.54) is 0 Å². The van der Waals surface area contributed by atoms with Gasteiger partial charge in [0.1, 0.15) is 5.75 Å². The molecule has 0 radical (unpaired) electrons. The second-order valence-corrected chi connectivity index (χ2v) is 7.03. The lowest BCUT2D eigenvalue weighted by molar-refractivity contribution is -0.0502. The van der Waals surface area contributed by atoms with Crippen molar-refractivity contribution in [3.63, 3.8) is 0 Å². The van der Waals surface area contributed by atoms with E-state index in [0.717, 1.165) is 36.2 Å². The van der Waals surface area contributed by atoms with Crippen molar-refractivity contribution in [2.75, 3.05) is 13.1 Å². The number of aromatic hydroxyl groups is 1. The van der Waals surface area contributed by atoms with Gasteiger partial charge in [-0.15, -0.1) is 0 Å². The number of aliphatic hydroxyl groups is 2. The minimum Gasteiger partial charge on any atom is -0.508 e. The molecule has 0 aromatic heterocycles. The normalized spacial score (nSPS) is 26.2. The highest BCUT2D eigenvalue weighted by atomic mass is 16.3. The van der Waals surface area contributed by atoms with Crippen LogP contribution in [0.3, 0.4) is 0 Å². The summed E-state index contributed by atoms with van der Waals surface area (Å²) < 4.78 is 0. The maximum atomic E-state index is 11.0. The van der Waals surface area contributed by atoms with Gasteiger partial charge >= 0.3 is 0 Å². The monoisotopic (exact) mass is 325 g/mol. The van der Waals surface area contributed by atoms with Crippen molar-refractivity contribution in [1.29, 1.82) is 0 Å². The number of piperidine rings is 1. The third-order valence-corrected chi connectivity index (χ3v) is 5.64. The van der Waals surface area contributed by atoms with Gasteiger partial charge < -0.3 is 15.3 Å². The smallest absolute Gasteiger partial charge is 0.115 e.